The summed E-state index contributed by atoms with van der Waals surface area (Å²) in [6.45, 7) is 0.0175. The van der Waals surface area contributed by atoms with Gasteiger partial charge in [-0.1, -0.05) is 12.1 Å². The average Bonchev–Trinajstić information content (AvgIpc) is 2.26. The molecular formula is C9H8F3N2O3S-. The molecule has 0 aliphatic rings. The number of anilines is 1. The predicted octanol–water partition coefficient (Wildman–Crippen LogP) is 1.07. The summed E-state index contributed by atoms with van der Waals surface area (Å²) in [7, 11) is 0. The maximum atomic E-state index is 11.9. The fourth-order valence-electron chi connectivity index (χ4n) is 1.05. The minimum Gasteiger partial charge on any atom is -0.760 e. The van der Waals surface area contributed by atoms with Gasteiger partial charge < -0.3 is 9.87 Å². The van der Waals surface area contributed by atoms with Crippen LogP contribution in [-0.2, 0) is 22.6 Å². The van der Waals surface area contributed by atoms with Gasteiger partial charge in [-0.3, -0.25) is 9.00 Å². The molecule has 1 unspecified atom stereocenters. The van der Waals surface area contributed by atoms with E-state index in [4.69, 9.17) is 0 Å². The molecule has 0 aliphatic heterocycles. The van der Waals surface area contributed by atoms with Crippen LogP contribution in [0.3, 0.4) is 0 Å². The fourth-order valence-corrected chi connectivity index (χ4v) is 1.33. The Morgan fingerprint density at radius 1 is 1.28 bits per heavy atom. The van der Waals surface area contributed by atoms with E-state index >= 15 is 0 Å². The molecule has 0 saturated heterocycles. The Balaban J connectivity index is 2.60. The van der Waals surface area contributed by atoms with Crippen LogP contribution in [0.1, 0.15) is 5.56 Å². The first-order valence-corrected chi connectivity index (χ1v) is 5.66. The predicted molar refractivity (Wildman–Crippen MR) is 56.9 cm³/mol. The van der Waals surface area contributed by atoms with Crippen molar-refractivity contribution < 1.29 is 26.7 Å². The molecule has 0 spiro atoms. The van der Waals surface area contributed by atoms with E-state index in [1.54, 1.807) is 5.32 Å². The summed E-state index contributed by atoms with van der Waals surface area (Å²) in [5.74, 6) is -2.06. The topological polar surface area (TPSA) is 81.3 Å². The molecule has 1 amide bonds. The van der Waals surface area contributed by atoms with Crippen LogP contribution in [0.2, 0.25) is 0 Å². The van der Waals surface area contributed by atoms with Crippen molar-refractivity contribution in [2.45, 2.75) is 12.7 Å². The molecule has 0 bridgehead atoms. The van der Waals surface area contributed by atoms with Crippen LogP contribution in [0, 0.1) is 0 Å². The van der Waals surface area contributed by atoms with Gasteiger partial charge in [-0.15, -0.1) is 0 Å². The standard InChI is InChI=1S/C9H9F3N2O3S/c10-9(11,12)8(15)14-7-3-1-6(2-4-7)5-13-18(16)17/h1-4,13H,5H2,(H,14,15)(H,16,17)/p-1. The Morgan fingerprint density at radius 2 is 1.83 bits per heavy atom. The number of benzene rings is 1. The highest BCUT2D eigenvalue weighted by Gasteiger charge is 2.38. The highest BCUT2D eigenvalue weighted by Crippen LogP contribution is 2.18. The lowest BCUT2D eigenvalue weighted by Crippen LogP contribution is -2.29. The fraction of sp³-hybridized carbons (Fsp3) is 0.222. The van der Waals surface area contributed by atoms with Crippen molar-refractivity contribution in [1.29, 1.82) is 0 Å². The van der Waals surface area contributed by atoms with Gasteiger partial charge in [0.1, 0.15) is 0 Å². The van der Waals surface area contributed by atoms with Crippen LogP contribution in [0.5, 0.6) is 0 Å². The lowest BCUT2D eigenvalue weighted by atomic mass is 10.2. The first-order valence-electron chi connectivity index (χ1n) is 4.59. The Bertz CT molecular complexity index is 447. The van der Waals surface area contributed by atoms with Gasteiger partial charge in [0.05, 0.1) is 0 Å². The van der Waals surface area contributed by atoms with Crippen molar-refractivity contribution >= 4 is 22.9 Å². The quantitative estimate of drug-likeness (QED) is 0.810. The van der Waals surface area contributed by atoms with E-state index in [1.807, 2.05) is 0 Å². The minimum atomic E-state index is -4.94. The summed E-state index contributed by atoms with van der Waals surface area (Å²) >= 11 is -2.41. The molecule has 1 rings (SSSR count). The summed E-state index contributed by atoms with van der Waals surface area (Å²) in [6.07, 6.45) is -4.94. The number of halogens is 3. The molecule has 0 fully saturated rings. The SMILES string of the molecule is O=C(Nc1ccc(CNS(=O)[O-])cc1)C(F)(F)F. The highest BCUT2D eigenvalue weighted by molar-refractivity contribution is 7.77. The normalized spacial score (nSPS) is 13.1. The molecule has 18 heavy (non-hydrogen) atoms. The second-order valence-corrected chi connectivity index (χ2v) is 3.96. The van der Waals surface area contributed by atoms with Gasteiger partial charge in [-0.25, -0.2) is 4.72 Å². The molecule has 0 radical (unpaired) electrons. The number of nitrogens with one attached hydrogen (secondary N) is 2. The van der Waals surface area contributed by atoms with E-state index in [9.17, 15) is 26.7 Å². The summed E-state index contributed by atoms with van der Waals surface area (Å²) in [5, 5.41) is 1.67. The molecule has 5 nitrogen and oxygen atoms in total. The molecule has 9 heteroatoms. The van der Waals surface area contributed by atoms with Crippen LogP contribution >= 0.6 is 0 Å². The monoisotopic (exact) mass is 281 g/mol. The molecule has 0 saturated carbocycles. The summed E-state index contributed by atoms with van der Waals surface area (Å²) < 4.78 is 58.3. The number of amides is 1. The largest absolute Gasteiger partial charge is 0.760 e. The molecule has 0 heterocycles. The average molecular weight is 281 g/mol. The molecule has 1 aromatic rings. The van der Waals surface area contributed by atoms with E-state index in [1.165, 1.54) is 24.3 Å². The zero-order valence-corrected chi connectivity index (χ0v) is 9.60. The van der Waals surface area contributed by atoms with Crippen LogP contribution < -0.4 is 10.0 Å². The molecule has 1 aromatic carbocycles. The molecular weight excluding hydrogens is 273 g/mol. The summed E-state index contributed by atoms with van der Waals surface area (Å²) in [4.78, 5) is 10.6. The first kappa shape index (κ1) is 14.6. The van der Waals surface area contributed by atoms with Crippen molar-refractivity contribution in [2.24, 2.45) is 0 Å². The van der Waals surface area contributed by atoms with Crippen molar-refractivity contribution in [3.8, 4) is 0 Å². The number of carbonyl (C=O) groups is 1. The van der Waals surface area contributed by atoms with Crippen LogP contribution in [0.25, 0.3) is 0 Å². The molecule has 100 valence electrons. The number of hydrogen-bond donors (Lipinski definition) is 2. The third-order valence-electron chi connectivity index (χ3n) is 1.86. The Morgan fingerprint density at radius 3 is 2.28 bits per heavy atom. The van der Waals surface area contributed by atoms with Crippen LogP contribution in [0.15, 0.2) is 24.3 Å². The Labute approximate surface area is 103 Å². The number of alkyl halides is 3. The van der Waals surface area contributed by atoms with Crippen molar-refractivity contribution in [1.82, 2.24) is 4.72 Å². The Hall–Kier alpha value is -1.45. The summed E-state index contributed by atoms with van der Waals surface area (Å²) in [5.41, 5.74) is 0.522. The van der Waals surface area contributed by atoms with E-state index in [2.05, 4.69) is 4.72 Å². The van der Waals surface area contributed by atoms with Gasteiger partial charge in [0, 0.05) is 23.5 Å². The van der Waals surface area contributed by atoms with Gasteiger partial charge >= 0.3 is 12.1 Å². The Kier molecular flexibility index (Phi) is 4.82. The van der Waals surface area contributed by atoms with Crippen molar-refractivity contribution in [2.75, 3.05) is 5.32 Å². The number of rotatable bonds is 4. The van der Waals surface area contributed by atoms with E-state index in [0.717, 1.165) is 0 Å². The minimum absolute atomic E-state index is 0.0175. The zero-order valence-electron chi connectivity index (χ0n) is 8.78. The first-order chi connectivity index (χ1) is 8.29. The van der Waals surface area contributed by atoms with E-state index in [-0.39, 0.29) is 12.2 Å². The third-order valence-corrected chi connectivity index (χ3v) is 2.24. The van der Waals surface area contributed by atoms with E-state index < -0.39 is 23.3 Å². The lowest BCUT2D eigenvalue weighted by Gasteiger charge is -2.09. The highest BCUT2D eigenvalue weighted by atomic mass is 32.2. The van der Waals surface area contributed by atoms with Crippen LogP contribution in [-0.4, -0.2) is 20.8 Å². The smallest absolute Gasteiger partial charge is 0.471 e. The second kappa shape index (κ2) is 5.94. The number of carbonyl (C=O) groups excluding carboxylic acids is 1. The number of hydrogen-bond acceptors (Lipinski definition) is 3. The van der Waals surface area contributed by atoms with Crippen molar-refractivity contribution in [3.63, 3.8) is 0 Å². The zero-order chi connectivity index (χ0) is 13.8. The second-order valence-electron chi connectivity index (χ2n) is 3.20. The maximum Gasteiger partial charge on any atom is 0.471 e. The van der Waals surface area contributed by atoms with Gasteiger partial charge in [0.2, 0.25) is 0 Å². The van der Waals surface area contributed by atoms with Gasteiger partial charge in [-0.05, 0) is 17.7 Å². The van der Waals surface area contributed by atoms with Gasteiger partial charge in [-0.2, -0.15) is 13.2 Å². The third kappa shape index (κ3) is 4.82. The van der Waals surface area contributed by atoms with Crippen LogP contribution in [0.4, 0.5) is 18.9 Å². The molecule has 0 aliphatic carbocycles. The lowest BCUT2D eigenvalue weighted by molar-refractivity contribution is -0.167. The molecule has 0 aromatic heterocycles. The maximum absolute atomic E-state index is 11.9. The molecule has 2 N–H and O–H groups in total. The molecule has 1 atom stereocenters. The van der Waals surface area contributed by atoms with Crippen molar-refractivity contribution in [3.05, 3.63) is 29.8 Å². The van der Waals surface area contributed by atoms with Gasteiger partial charge in [0.15, 0.2) is 0 Å². The van der Waals surface area contributed by atoms with E-state index in [0.29, 0.717) is 5.56 Å². The van der Waals surface area contributed by atoms with Gasteiger partial charge in [0.25, 0.3) is 0 Å². The summed E-state index contributed by atoms with van der Waals surface area (Å²) in [6, 6.07) is 5.28.